The Balaban J connectivity index is 1.39. The fourth-order valence-electron chi connectivity index (χ4n) is 9.44. The van der Waals surface area contributed by atoms with Crippen molar-refractivity contribution >= 4 is 17.1 Å². The third-order valence-corrected chi connectivity index (χ3v) is 11.7. The molecule has 2 aliphatic carbocycles. The zero-order valence-corrected chi connectivity index (χ0v) is 30.3. The van der Waals surface area contributed by atoms with Gasteiger partial charge in [0.15, 0.2) is 0 Å². The lowest BCUT2D eigenvalue weighted by atomic mass is 9.67. The third kappa shape index (κ3) is 5.15. The van der Waals surface area contributed by atoms with Gasteiger partial charge in [0.05, 0.1) is 11.1 Å². The Bertz CT molecular complexity index is 2500. The molecule has 54 heavy (non-hydrogen) atoms. The van der Waals surface area contributed by atoms with Gasteiger partial charge in [-0.05, 0) is 123 Å². The normalized spacial score (nSPS) is 13.8. The number of nitrogens with zero attached hydrogens (tertiary/aromatic N) is 1. The lowest BCUT2D eigenvalue weighted by Gasteiger charge is -2.36. The second kappa shape index (κ2) is 13.5. The molecule has 0 fully saturated rings. The van der Waals surface area contributed by atoms with Crippen molar-refractivity contribution in [3.05, 3.63) is 234 Å². The average Bonchev–Trinajstić information content (AvgIpc) is 3.55. The summed E-state index contributed by atoms with van der Waals surface area (Å²) in [6, 6.07) is 74.3. The predicted molar refractivity (Wildman–Crippen MR) is 226 cm³/mol. The molecule has 0 aromatic heterocycles. The van der Waals surface area contributed by atoms with Crippen molar-refractivity contribution in [2.45, 2.75) is 31.1 Å². The van der Waals surface area contributed by atoms with Crippen LogP contribution in [0.3, 0.4) is 0 Å². The smallest absolute Gasteiger partial charge is 0.0714 e. The van der Waals surface area contributed by atoms with E-state index in [1.54, 1.807) is 0 Å². The topological polar surface area (TPSA) is 3.24 Å². The molecule has 2 aliphatic rings. The molecule has 10 rings (SSSR count). The van der Waals surface area contributed by atoms with E-state index in [-0.39, 0.29) is 0 Å². The van der Waals surface area contributed by atoms with Crippen molar-refractivity contribution in [1.82, 2.24) is 0 Å². The molecule has 0 saturated carbocycles. The van der Waals surface area contributed by atoms with Crippen LogP contribution in [0.4, 0.5) is 17.1 Å². The molecular weight excluding hydrogens is 651 g/mol. The average molecular weight is 692 g/mol. The molecular formula is C53H41N. The van der Waals surface area contributed by atoms with E-state index in [1.165, 1.54) is 85.3 Å². The van der Waals surface area contributed by atoms with Gasteiger partial charge >= 0.3 is 0 Å². The molecule has 0 unspecified atom stereocenters. The summed E-state index contributed by atoms with van der Waals surface area (Å²) in [5, 5.41) is 0. The van der Waals surface area contributed by atoms with E-state index in [1.807, 2.05) is 0 Å². The lowest BCUT2D eigenvalue weighted by molar-refractivity contribution is 0.687. The van der Waals surface area contributed by atoms with Crippen LogP contribution in [0.5, 0.6) is 0 Å². The molecule has 0 aliphatic heterocycles. The SMILES string of the molecule is c1ccc(-c2ccc3c(c2-c2cc4c(cc2N(c2ccccc2)c2ccccc2)C(c2ccccc2)(c2ccccc2)c2ccccc2-4)CCCC3)cc1. The minimum Gasteiger partial charge on any atom is -0.310 e. The van der Waals surface area contributed by atoms with E-state index in [0.29, 0.717) is 0 Å². The highest BCUT2D eigenvalue weighted by Gasteiger charge is 2.47. The Morgan fingerprint density at radius 3 is 1.56 bits per heavy atom. The summed E-state index contributed by atoms with van der Waals surface area (Å²) >= 11 is 0. The first kappa shape index (κ1) is 32.2. The number of anilines is 3. The summed E-state index contributed by atoms with van der Waals surface area (Å²) in [4.78, 5) is 2.50. The summed E-state index contributed by atoms with van der Waals surface area (Å²) in [6.45, 7) is 0. The van der Waals surface area contributed by atoms with Crippen LogP contribution < -0.4 is 4.90 Å². The fourth-order valence-corrected chi connectivity index (χ4v) is 9.44. The molecule has 8 aromatic carbocycles. The summed E-state index contributed by atoms with van der Waals surface area (Å²) in [5.41, 5.74) is 18.9. The highest BCUT2D eigenvalue weighted by atomic mass is 15.1. The molecule has 1 heteroatoms. The minimum atomic E-state index is -0.515. The molecule has 8 aromatic rings. The molecule has 0 spiro atoms. The molecule has 0 bridgehead atoms. The molecule has 0 radical (unpaired) electrons. The number of fused-ring (bicyclic) bond motifs is 4. The van der Waals surface area contributed by atoms with Crippen LogP contribution in [0.2, 0.25) is 0 Å². The first-order chi connectivity index (χ1) is 26.8. The summed E-state index contributed by atoms with van der Waals surface area (Å²) in [5.74, 6) is 0. The van der Waals surface area contributed by atoms with E-state index in [2.05, 4.69) is 205 Å². The number of hydrogen-bond donors (Lipinski definition) is 0. The molecule has 0 heterocycles. The zero-order valence-electron chi connectivity index (χ0n) is 30.3. The molecule has 0 N–H and O–H groups in total. The van der Waals surface area contributed by atoms with Gasteiger partial charge in [-0.1, -0.05) is 164 Å². The lowest BCUT2D eigenvalue weighted by Crippen LogP contribution is -2.28. The number of hydrogen-bond acceptors (Lipinski definition) is 1. The summed E-state index contributed by atoms with van der Waals surface area (Å²) in [6.07, 6.45) is 4.63. The van der Waals surface area contributed by atoms with Crippen molar-refractivity contribution in [1.29, 1.82) is 0 Å². The standard InChI is InChI=1S/C53H41N/c1-6-20-38(21-7-1)45-35-34-39-22-16-17-31-44(39)52(45)48-36-47-46-32-18-19-33-49(46)53(40-23-8-2-9-24-40,41-25-10-3-11-26-41)50(47)37-51(48)54(42-27-12-4-13-28-42)43-29-14-5-15-30-43/h1-15,18-21,23-30,32-37H,16-17,22,31H2. The number of benzene rings is 8. The van der Waals surface area contributed by atoms with Crippen molar-refractivity contribution in [3.8, 4) is 33.4 Å². The second-order valence-electron chi connectivity index (χ2n) is 14.6. The zero-order chi connectivity index (χ0) is 35.9. The first-order valence-electron chi connectivity index (χ1n) is 19.3. The number of rotatable bonds is 7. The second-order valence-corrected chi connectivity index (χ2v) is 14.6. The van der Waals surface area contributed by atoms with Crippen LogP contribution in [0, 0.1) is 0 Å². The third-order valence-electron chi connectivity index (χ3n) is 11.7. The molecule has 0 saturated heterocycles. The van der Waals surface area contributed by atoms with Gasteiger partial charge < -0.3 is 4.90 Å². The monoisotopic (exact) mass is 691 g/mol. The van der Waals surface area contributed by atoms with Crippen molar-refractivity contribution in [2.24, 2.45) is 0 Å². The van der Waals surface area contributed by atoms with Gasteiger partial charge in [-0.25, -0.2) is 0 Å². The minimum absolute atomic E-state index is 0.515. The van der Waals surface area contributed by atoms with E-state index in [0.717, 1.165) is 24.2 Å². The number of para-hydroxylation sites is 2. The maximum atomic E-state index is 2.56. The quantitative estimate of drug-likeness (QED) is 0.161. The number of aryl methyl sites for hydroxylation is 1. The maximum Gasteiger partial charge on any atom is 0.0714 e. The van der Waals surface area contributed by atoms with Crippen molar-refractivity contribution in [2.75, 3.05) is 4.90 Å². The summed E-state index contributed by atoms with van der Waals surface area (Å²) in [7, 11) is 0. The Labute approximate surface area is 318 Å². The van der Waals surface area contributed by atoms with Crippen LogP contribution in [-0.4, -0.2) is 0 Å². The molecule has 258 valence electrons. The van der Waals surface area contributed by atoms with Crippen LogP contribution in [0.15, 0.2) is 200 Å². The van der Waals surface area contributed by atoms with Crippen LogP contribution >= 0.6 is 0 Å². The highest BCUT2D eigenvalue weighted by Crippen LogP contribution is 2.59. The predicted octanol–water partition coefficient (Wildman–Crippen LogP) is 13.7. The van der Waals surface area contributed by atoms with Gasteiger partial charge in [0.25, 0.3) is 0 Å². The Hall–Kier alpha value is -6.44. The summed E-state index contributed by atoms with van der Waals surface area (Å²) < 4.78 is 0. The van der Waals surface area contributed by atoms with Crippen LogP contribution in [0.25, 0.3) is 33.4 Å². The van der Waals surface area contributed by atoms with E-state index in [4.69, 9.17) is 0 Å². The molecule has 0 amide bonds. The fraction of sp³-hybridized carbons (Fsp3) is 0.0943. The van der Waals surface area contributed by atoms with Crippen molar-refractivity contribution in [3.63, 3.8) is 0 Å². The van der Waals surface area contributed by atoms with Crippen LogP contribution in [0.1, 0.15) is 46.2 Å². The van der Waals surface area contributed by atoms with Gasteiger partial charge in [-0.2, -0.15) is 0 Å². The van der Waals surface area contributed by atoms with Crippen molar-refractivity contribution < 1.29 is 0 Å². The Morgan fingerprint density at radius 1 is 0.389 bits per heavy atom. The molecule has 1 nitrogen and oxygen atoms in total. The van der Waals surface area contributed by atoms with Gasteiger partial charge in [0.1, 0.15) is 0 Å². The van der Waals surface area contributed by atoms with E-state index < -0.39 is 5.41 Å². The highest BCUT2D eigenvalue weighted by molar-refractivity contribution is 6.00. The van der Waals surface area contributed by atoms with Crippen LogP contribution in [-0.2, 0) is 18.3 Å². The van der Waals surface area contributed by atoms with Gasteiger partial charge in [0, 0.05) is 16.9 Å². The largest absolute Gasteiger partial charge is 0.310 e. The van der Waals surface area contributed by atoms with Gasteiger partial charge in [-0.15, -0.1) is 0 Å². The Kier molecular flexibility index (Phi) is 8.07. The maximum absolute atomic E-state index is 2.56. The molecule has 0 atom stereocenters. The van der Waals surface area contributed by atoms with E-state index >= 15 is 0 Å². The van der Waals surface area contributed by atoms with Gasteiger partial charge in [0.2, 0.25) is 0 Å². The van der Waals surface area contributed by atoms with Gasteiger partial charge in [-0.3, -0.25) is 0 Å². The Morgan fingerprint density at radius 2 is 0.926 bits per heavy atom. The van der Waals surface area contributed by atoms with E-state index in [9.17, 15) is 0 Å². The first-order valence-corrected chi connectivity index (χ1v) is 19.3.